The monoisotopic (exact) mass is 344 g/mol. The zero-order valence-corrected chi connectivity index (χ0v) is 14.2. The van der Waals surface area contributed by atoms with Gasteiger partial charge in [-0.3, -0.25) is 9.36 Å². The van der Waals surface area contributed by atoms with Gasteiger partial charge in [0.2, 0.25) is 5.88 Å². The summed E-state index contributed by atoms with van der Waals surface area (Å²) in [4.78, 5) is 25.8. The number of nitrogens with zero attached hydrogens (tertiary/aromatic N) is 4. The number of benzene rings is 2. The quantitative estimate of drug-likeness (QED) is 0.520. The van der Waals surface area contributed by atoms with Crippen LogP contribution in [0.4, 0.5) is 0 Å². The first-order chi connectivity index (χ1) is 12.8. The molecular formula is C20H16N4O2. The van der Waals surface area contributed by atoms with Gasteiger partial charge in [0, 0.05) is 11.3 Å². The maximum Gasteiger partial charge on any atom is 0.245 e. The molecule has 2 aromatic heterocycles. The fourth-order valence-corrected chi connectivity index (χ4v) is 2.90. The molecule has 0 aliphatic heterocycles. The maximum atomic E-state index is 12.7. The van der Waals surface area contributed by atoms with Gasteiger partial charge >= 0.3 is 0 Å². The van der Waals surface area contributed by atoms with E-state index in [1.165, 1.54) is 13.4 Å². The van der Waals surface area contributed by atoms with Gasteiger partial charge in [0.1, 0.15) is 12.2 Å². The van der Waals surface area contributed by atoms with Crippen LogP contribution in [0.3, 0.4) is 0 Å². The van der Waals surface area contributed by atoms with Crippen molar-refractivity contribution in [1.29, 1.82) is 0 Å². The van der Waals surface area contributed by atoms with Gasteiger partial charge in [-0.2, -0.15) is 4.98 Å². The number of hydrogen-bond acceptors (Lipinski definition) is 5. The van der Waals surface area contributed by atoms with E-state index in [2.05, 4.69) is 15.0 Å². The Morgan fingerprint density at radius 1 is 1.00 bits per heavy atom. The molecule has 6 heteroatoms. The highest BCUT2D eigenvalue weighted by Crippen LogP contribution is 2.25. The maximum absolute atomic E-state index is 12.7. The van der Waals surface area contributed by atoms with Crippen molar-refractivity contribution in [3.63, 3.8) is 0 Å². The minimum absolute atomic E-state index is 0.00925. The van der Waals surface area contributed by atoms with E-state index >= 15 is 0 Å². The molecule has 128 valence electrons. The van der Waals surface area contributed by atoms with Crippen LogP contribution in [-0.2, 0) is 6.42 Å². The topological polar surface area (TPSA) is 69.9 Å². The van der Waals surface area contributed by atoms with E-state index in [1.54, 1.807) is 12.1 Å². The summed E-state index contributed by atoms with van der Waals surface area (Å²) in [5, 5.41) is 0. The van der Waals surface area contributed by atoms with Crippen LogP contribution in [0.15, 0.2) is 67.0 Å². The summed E-state index contributed by atoms with van der Waals surface area (Å²) in [6.45, 7) is 0. The second-order valence-electron chi connectivity index (χ2n) is 5.72. The number of Topliss-reactive ketones (excluding diaryl/α,β-unsaturated/α-hetero) is 1. The molecule has 2 heterocycles. The molecule has 2 aromatic carbocycles. The van der Waals surface area contributed by atoms with E-state index in [1.807, 2.05) is 53.1 Å². The molecule has 0 N–H and O–H groups in total. The molecule has 0 atom stereocenters. The molecule has 0 bridgehead atoms. The summed E-state index contributed by atoms with van der Waals surface area (Å²) in [7, 11) is 1.54. The average molecular weight is 344 g/mol. The standard InChI is InChI=1S/C20H16N4O2/c1-26-20-18-19(21-13-22-20)24(15-10-6-3-7-11-15)17(23-18)12-16(25)14-8-4-2-5-9-14/h2-11,13H,12H2,1H3. The van der Waals surface area contributed by atoms with Crippen molar-refractivity contribution in [3.8, 4) is 11.6 Å². The molecule has 4 aromatic rings. The van der Waals surface area contributed by atoms with Gasteiger partial charge in [-0.1, -0.05) is 48.5 Å². The van der Waals surface area contributed by atoms with Crippen molar-refractivity contribution < 1.29 is 9.53 Å². The molecule has 0 amide bonds. The number of aromatic nitrogens is 4. The number of para-hydroxylation sites is 1. The van der Waals surface area contributed by atoms with Crippen LogP contribution in [-0.4, -0.2) is 32.4 Å². The van der Waals surface area contributed by atoms with E-state index < -0.39 is 0 Å². The van der Waals surface area contributed by atoms with Crippen molar-refractivity contribution in [3.05, 3.63) is 78.4 Å². The van der Waals surface area contributed by atoms with Crippen molar-refractivity contribution in [1.82, 2.24) is 19.5 Å². The first kappa shape index (κ1) is 16.0. The molecule has 26 heavy (non-hydrogen) atoms. The number of rotatable bonds is 5. The molecule has 4 rings (SSSR count). The molecule has 6 nitrogen and oxygen atoms in total. The van der Waals surface area contributed by atoms with Crippen molar-refractivity contribution in [2.75, 3.05) is 7.11 Å². The van der Waals surface area contributed by atoms with Gasteiger partial charge in [0.25, 0.3) is 0 Å². The van der Waals surface area contributed by atoms with E-state index in [0.29, 0.717) is 28.4 Å². The molecular weight excluding hydrogens is 328 g/mol. The largest absolute Gasteiger partial charge is 0.479 e. The fraction of sp³-hybridized carbons (Fsp3) is 0.100. The average Bonchev–Trinajstić information content (AvgIpc) is 3.07. The third-order valence-corrected chi connectivity index (χ3v) is 4.10. The Labute approximate surface area is 150 Å². The van der Waals surface area contributed by atoms with Crippen molar-refractivity contribution in [2.45, 2.75) is 6.42 Å². The Morgan fingerprint density at radius 3 is 2.38 bits per heavy atom. The van der Waals surface area contributed by atoms with E-state index in [9.17, 15) is 4.79 Å². The molecule has 0 aliphatic carbocycles. The smallest absolute Gasteiger partial charge is 0.245 e. The van der Waals surface area contributed by atoms with Gasteiger partial charge in [-0.25, -0.2) is 9.97 Å². The summed E-state index contributed by atoms with van der Waals surface area (Å²) in [5.74, 6) is 0.974. The van der Waals surface area contributed by atoms with Gasteiger partial charge in [0.15, 0.2) is 16.9 Å². The number of ketones is 1. The number of methoxy groups -OCH3 is 1. The van der Waals surface area contributed by atoms with Gasteiger partial charge in [-0.15, -0.1) is 0 Å². The Kier molecular flexibility index (Phi) is 4.15. The lowest BCUT2D eigenvalue weighted by Crippen LogP contribution is -2.09. The van der Waals surface area contributed by atoms with Crippen LogP contribution in [0, 0.1) is 0 Å². The summed E-state index contributed by atoms with van der Waals surface area (Å²) >= 11 is 0. The van der Waals surface area contributed by atoms with Crippen LogP contribution in [0.2, 0.25) is 0 Å². The Balaban J connectivity index is 1.87. The third-order valence-electron chi connectivity index (χ3n) is 4.10. The molecule has 0 spiro atoms. The van der Waals surface area contributed by atoms with Crippen LogP contribution in [0.1, 0.15) is 16.2 Å². The fourth-order valence-electron chi connectivity index (χ4n) is 2.90. The molecule has 0 unspecified atom stereocenters. The molecule has 0 fully saturated rings. The summed E-state index contributed by atoms with van der Waals surface area (Å²) < 4.78 is 7.18. The van der Waals surface area contributed by atoms with E-state index in [-0.39, 0.29) is 12.2 Å². The minimum atomic E-state index is -0.00925. The van der Waals surface area contributed by atoms with E-state index in [4.69, 9.17) is 4.74 Å². The lowest BCUT2D eigenvalue weighted by Gasteiger charge is -2.08. The molecule has 0 saturated heterocycles. The van der Waals surface area contributed by atoms with Gasteiger partial charge < -0.3 is 4.74 Å². The number of imidazole rings is 1. The molecule has 0 radical (unpaired) electrons. The lowest BCUT2D eigenvalue weighted by molar-refractivity contribution is 0.0990. The number of carbonyl (C=O) groups excluding carboxylic acids is 1. The highest BCUT2D eigenvalue weighted by molar-refractivity contribution is 5.97. The number of ether oxygens (including phenoxy) is 1. The minimum Gasteiger partial charge on any atom is -0.479 e. The normalized spacial score (nSPS) is 10.8. The Bertz CT molecular complexity index is 1060. The van der Waals surface area contributed by atoms with E-state index in [0.717, 1.165) is 5.69 Å². The van der Waals surface area contributed by atoms with Gasteiger partial charge in [0.05, 0.1) is 13.5 Å². The zero-order valence-electron chi connectivity index (χ0n) is 14.2. The first-order valence-corrected chi connectivity index (χ1v) is 8.18. The zero-order chi connectivity index (χ0) is 17.9. The lowest BCUT2D eigenvalue weighted by atomic mass is 10.1. The summed E-state index contributed by atoms with van der Waals surface area (Å²) in [6, 6.07) is 18.9. The predicted octanol–water partition coefficient (Wildman–Crippen LogP) is 3.25. The summed E-state index contributed by atoms with van der Waals surface area (Å²) in [6.07, 6.45) is 1.59. The highest BCUT2D eigenvalue weighted by Gasteiger charge is 2.20. The summed E-state index contributed by atoms with van der Waals surface area (Å²) in [5.41, 5.74) is 2.68. The third kappa shape index (κ3) is 2.82. The van der Waals surface area contributed by atoms with Crippen molar-refractivity contribution in [2.24, 2.45) is 0 Å². The SMILES string of the molecule is COc1ncnc2c1nc(CC(=O)c1ccccc1)n2-c1ccccc1. The Hall–Kier alpha value is -3.54. The van der Waals surface area contributed by atoms with Crippen LogP contribution in [0.5, 0.6) is 5.88 Å². The number of fused-ring (bicyclic) bond motifs is 1. The van der Waals surface area contributed by atoms with Crippen LogP contribution in [0.25, 0.3) is 16.9 Å². The highest BCUT2D eigenvalue weighted by atomic mass is 16.5. The number of carbonyl (C=O) groups is 1. The van der Waals surface area contributed by atoms with Crippen LogP contribution >= 0.6 is 0 Å². The second-order valence-corrected chi connectivity index (χ2v) is 5.72. The van der Waals surface area contributed by atoms with Gasteiger partial charge in [-0.05, 0) is 12.1 Å². The first-order valence-electron chi connectivity index (χ1n) is 8.18. The number of hydrogen-bond donors (Lipinski definition) is 0. The van der Waals surface area contributed by atoms with Crippen molar-refractivity contribution >= 4 is 16.9 Å². The predicted molar refractivity (Wildman–Crippen MR) is 97.7 cm³/mol. The Morgan fingerprint density at radius 2 is 1.69 bits per heavy atom. The molecule has 0 aliphatic rings. The van der Waals surface area contributed by atoms with Crippen LogP contribution < -0.4 is 4.74 Å². The molecule has 0 saturated carbocycles. The second kappa shape index (κ2) is 6.76.